The summed E-state index contributed by atoms with van der Waals surface area (Å²) in [6.07, 6.45) is 22.4. The molecule has 0 fully saturated rings. The molecular formula is C27H56ClNO4Si. The molecule has 0 saturated carbocycles. The highest BCUT2D eigenvalue weighted by Gasteiger charge is 2.49. The Bertz CT molecular complexity index is 463. The van der Waals surface area contributed by atoms with Gasteiger partial charge in [0.1, 0.15) is 0 Å². The first-order chi connectivity index (χ1) is 16.1. The lowest BCUT2D eigenvalue weighted by molar-refractivity contribution is -0.122. The minimum atomic E-state index is -2.92. The summed E-state index contributed by atoms with van der Waals surface area (Å²) < 4.78 is 17.9. The molecule has 0 rings (SSSR count). The summed E-state index contributed by atoms with van der Waals surface area (Å²) in [5.41, 5.74) is -0.187. The lowest BCUT2D eigenvalue weighted by Crippen LogP contribution is -2.62. The Morgan fingerprint density at radius 3 is 1.59 bits per heavy atom. The number of rotatable bonds is 24. The molecular weight excluding hydrogens is 466 g/mol. The summed E-state index contributed by atoms with van der Waals surface area (Å²) in [6, 6.07) is 0. The Hall–Kier alpha value is -0.403. The van der Waals surface area contributed by atoms with Crippen LogP contribution in [0.5, 0.6) is 0 Å². The van der Waals surface area contributed by atoms with Crippen molar-refractivity contribution in [1.82, 2.24) is 5.32 Å². The number of halogens is 1. The molecule has 0 bridgehead atoms. The van der Waals surface area contributed by atoms with Crippen LogP contribution in [0, 0.1) is 0 Å². The number of carbonyl (C=O) groups is 1. The van der Waals surface area contributed by atoms with Gasteiger partial charge in [0.2, 0.25) is 5.91 Å². The van der Waals surface area contributed by atoms with Gasteiger partial charge in [-0.05, 0) is 59.3 Å². The molecule has 0 radical (unpaired) electrons. The Morgan fingerprint density at radius 1 is 0.706 bits per heavy atom. The number of nitrogens with one attached hydrogen (secondary N) is 1. The van der Waals surface area contributed by atoms with Crippen LogP contribution in [0.1, 0.15) is 131 Å². The van der Waals surface area contributed by atoms with Crippen molar-refractivity contribution in [2.45, 2.75) is 137 Å². The molecule has 7 heteroatoms. The van der Waals surface area contributed by atoms with E-state index in [-0.39, 0.29) is 24.0 Å². The van der Waals surface area contributed by atoms with E-state index in [4.69, 9.17) is 13.3 Å². The average molecular weight is 522 g/mol. The van der Waals surface area contributed by atoms with E-state index < -0.39 is 8.80 Å². The number of unbranched alkanes of at least 4 members (excludes halogenated alkanes) is 11. The Labute approximate surface area is 218 Å². The molecule has 204 valence electrons. The van der Waals surface area contributed by atoms with E-state index in [1.807, 2.05) is 27.7 Å². The van der Waals surface area contributed by atoms with E-state index in [2.05, 4.69) is 24.4 Å². The zero-order valence-electron chi connectivity index (χ0n) is 23.0. The van der Waals surface area contributed by atoms with Gasteiger partial charge in [-0.1, -0.05) is 77.4 Å². The van der Waals surface area contributed by atoms with Crippen LogP contribution in [-0.2, 0) is 18.1 Å². The molecule has 0 aliphatic carbocycles. The molecule has 1 amide bonds. The van der Waals surface area contributed by atoms with Gasteiger partial charge in [0.25, 0.3) is 0 Å². The Kier molecular flexibility index (Phi) is 27.0. The Balaban J connectivity index is 0. The fourth-order valence-corrected chi connectivity index (χ4v) is 6.99. The van der Waals surface area contributed by atoms with Crippen LogP contribution in [0.3, 0.4) is 0 Å². The van der Waals surface area contributed by atoms with Gasteiger partial charge in [-0.2, -0.15) is 0 Å². The smallest absolute Gasteiger partial charge is 0.373 e. The van der Waals surface area contributed by atoms with Crippen LogP contribution in [0.15, 0.2) is 12.2 Å². The first kappa shape index (κ1) is 35.8. The summed E-state index contributed by atoms with van der Waals surface area (Å²) >= 11 is 0. The fourth-order valence-electron chi connectivity index (χ4n) is 4.09. The van der Waals surface area contributed by atoms with E-state index in [1.165, 1.54) is 70.6 Å². The number of hydrogen-bond acceptors (Lipinski definition) is 4. The van der Waals surface area contributed by atoms with Crippen molar-refractivity contribution in [2.75, 3.05) is 19.8 Å². The maximum Gasteiger partial charge on any atom is 0.524 e. The van der Waals surface area contributed by atoms with Gasteiger partial charge in [-0.3, -0.25) is 4.79 Å². The minimum Gasteiger partial charge on any atom is -0.373 e. The zero-order chi connectivity index (χ0) is 24.6. The van der Waals surface area contributed by atoms with Gasteiger partial charge < -0.3 is 18.6 Å². The van der Waals surface area contributed by atoms with E-state index >= 15 is 0 Å². The van der Waals surface area contributed by atoms with E-state index in [9.17, 15) is 4.79 Å². The van der Waals surface area contributed by atoms with Crippen molar-refractivity contribution in [3.63, 3.8) is 0 Å². The summed E-state index contributed by atoms with van der Waals surface area (Å²) in [5, 5.41) is 3.15. The standard InChI is InChI=1S/C27H55NO4Si.ClH/c1-6-11-12-13-14-15-16-17-18-19-20-21-22-23-24-25-26(29)28-27(7-2)33(30-8-3,31-9-4)32-10-5;/h17-18,27H,6-16,19-25H2,1-5H3,(H,28,29);1H. The summed E-state index contributed by atoms with van der Waals surface area (Å²) in [6.45, 7) is 11.7. The number of allylic oxidation sites excluding steroid dienone is 2. The second kappa shape index (κ2) is 25.7. The SMILES string of the molecule is CCCCCCCCC=CCCCCCCCC(=O)NC(CC)[Si](OCC)(OCC)OCC.Cl. The van der Waals surface area contributed by atoms with E-state index in [1.54, 1.807) is 0 Å². The van der Waals surface area contributed by atoms with Gasteiger partial charge in [0, 0.05) is 26.2 Å². The van der Waals surface area contributed by atoms with Crippen molar-refractivity contribution in [3.8, 4) is 0 Å². The molecule has 0 aromatic rings. The number of hydrogen-bond donors (Lipinski definition) is 1. The molecule has 1 unspecified atom stereocenters. The van der Waals surface area contributed by atoms with Gasteiger partial charge in [-0.25, -0.2) is 0 Å². The van der Waals surface area contributed by atoms with Crippen LogP contribution in [0.2, 0.25) is 0 Å². The summed E-state index contributed by atoms with van der Waals surface area (Å²) in [5.74, 6) is 0.0791. The lowest BCUT2D eigenvalue weighted by atomic mass is 10.1. The highest BCUT2D eigenvalue weighted by Crippen LogP contribution is 2.18. The van der Waals surface area contributed by atoms with E-state index in [0.717, 1.165) is 19.3 Å². The quantitative estimate of drug-likeness (QED) is 0.0795. The lowest BCUT2D eigenvalue weighted by Gasteiger charge is -2.35. The van der Waals surface area contributed by atoms with Gasteiger partial charge in [0.15, 0.2) is 0 Å². The minimum absolute atomic E-state index is 0. The van der Waals surface area contributed by atoms with Crippen molar-refractivity contribution in [2.24, 2.45) is 0 Å². The van der Waals surface area contributed by atoms with Crippen LogP contribution >= 0.6 is 12.4 Å². The molecule has 0 heterocycles. The third-order valence-electron chi connectivity index (χ3n) is 5.87. The van der Waals surface area contributed by atoms with Crippen molar-refractivity contribution < 1.29 is 18.1 Å². The van der Waals surface area contributed by atoms with Crippen LogP contribution in [0.4, 0.5) is 0 Å². The maximum atomic E-state index is 12.5. The van der Waals surface area contributed by atoms with Crippen LogP contribution in [-0.4, -0.2) is 40.2 Å². The monoisotopic (exact) mass is 521 g/mol. The number of amides is 1. The molecule has 0 spiro atoms. The second-order valence-electron chi connectivity index (χ2n) is 8.77. The van der Waals surface area contributed by atoms with Gasteiger partial charge >= 0.3 is 8.80 Å². The van der Waals surface area contributed by atoms with Crippen LogP contribution < -0.4 is 5.32 Å². The maximum absolute atomic E-state index is 12.5. The molecule has 0 saturated heterocycles. The first-order valence-electron chi connectivity index (χ1n) is 14.0. The van der Waals surface area contributed by atoms with Crippen molar-refractivity contribution >= 4 is 27.1 Å². The molecule has 34 heavy (non-hydrogen) atoms. The fraction of sp³-hybridized carbons (Fsp3) is 0.889. The third-order valence-corrected chi connectivity index (χ3v) is 9.35. The second-order valence-corrected chi connectivity index (χ2v) is 11.5. The average Bonchev–Trinajstić information content (AvgIpc) is 2.80. The zero-order valence-corrected chi connectivity index (χ0v) is 24.8. The highest BCUT2D eigenvalue weighted by molar-refractivity contribution is 6.62. The number of carbonyl (C=O) groups excluding carboxylic acids is 1. The molecule has 0 aliphatic heterocycles. The topological polar surface area (TPSA) is 56.8 Å². The molecule has 5 nitrogen and oxygen atoms in total. The van der Waals surface area contributed by atoms with Gasteiger partial charge in [0.05, 0.1) is 5.67 Å². The summed E-state index contributed by atoms with van der Waals surface area (Å²) in [7, 11) is -2.92. The van der Waals surface area contributed by atoms with Crippen LogP contribution in [0.25, 0.3) is 0 Å². The third kappa shape index (κ3) is 17.9. The normalized spacial score (nSPS) is 12.6. The predicted octanol–water partition coefficient (Wildman–Crippen LogP) is 7.93. The summed E-state index contributed by atoms with van der Waals surface area (Å²) in [4.78, 5) is 12.5. The molecule has 1 N–H and O–H groups in total. The largest absolute Gasteiger partial charge is 0.524 e. The molecule has 0 aliphatic rings. The molecule has 0 aromatic heterocycles. The predicted molar refractivity (Wildman–Crippen MR) is 150 cm³/mol. The molecule has 1 atom stereocenters. The van der Waals surface area contributed by atoms with Crippen molar-refractivity contribution in [3.05, 3.63) is 12.2 Å². The van der Waals surface area contributed by atoms with Gasteiger partial charge in [-0.15, -0.1) is 12.4 Å². The van der Waals surface area contributed by atoms with Crippen molar-refractivity contribution in [1.29, 1.82) is 0 Å². The first-order valence-corrected chi connectivity index (χ1v) is 15.8. The van der Waals surface area contributed by atoms with E-state index in [0.29, 0.717) is 26.2 Å². The highest BCUT2D eigenvalue weighted by atomic mass is 35.5. The molecule has 0 aromatic carbocycles. The Morgan fingerprint density at radius 2 is 1.15 bits per heavy atom.